The number of phenolic OH excluding ortho intramolecular Hbond substituents is 1. The quantitative estimate of drug-likeness (QED) is 0.735. The Balaban J connectivity index is 0.000000264. The summed E-state index contributed by atoms with van der Waals surface area (Å²) in [6, 6.07) is 4.36. The van der Waals surface area contributed by atoms with E-state index in [9.17, 15) is 15.0 Å². The fourth-order valence-electron chi connectivity index (χ4n) is 5.92. The van der Waals surface area contributed by atoms with Crippen LogP contribution in [0, 0.1) is 5.92 Å². The number of hydrogen-bond donors (Lipinski definition) is 3. The molecule has 148 valence electrons. The first-order valence-electron chi connectivity index (χ1n) is 10.0. The van der Waals surface area contributed by atoms with Crippen LogP contribution in [0.4, 0.5) is 0 Å². The predicted molar refractivity (Wildman–Crippen MR) is 100 cm³/mol. The number of aliphatic hydroxyl groups excluding tert-OH is 1. The van der Waals surface area contributed by atoms with E-state index in [1.165, 1.54) is 11.1 Å². The van der Waals surface area contributed by atoms with Crippen LogP contribution in [0.25, 0.3) is 0 Å². The van der Waals surface area contributed by atoms with Crippen LogP contribution in [-0.2, 0) is 16.6 Å². The van der Waals surface area contributed by atoms with Crippen molar-refractivity contribution in [3.8, 4) is 11.5 Å². The van der Waals surface area contributed by atoms with Crippen molar-refractivity contribution in [2.45, 2.75) is 69.1 Å². The van der Waals surface area contributed by atoms with E-state index in [2.05, 4.69) is 18.0 Å². The molecule has 0 aromatic heterocycles. The lowest BCUT2D eigenvalue weighted by molar-refractivity contribution is -0.137. The van der Waals surface area contributed by atoms with Crippen LogP contribution in [0.1, 0.15) is 50.2 Å². The highest BCUT2D eigenvalue weighted by Crippen LogP contribution is 2.63. The largest absolute Gasteiger partial charge is 0.504 e. The van der Waals surface area contributed by atoms with E-state index < -0.39 is 12.1 Å². The Labute approximate surface area is 159 Å². The van der Waals surface area contributed by atoms with Crippen LogP contribution in [0.2, 0.25) is 0 Å². The summed E-state index contributed by atoms with van der Waals surface area (Å²) in [5, 5.41) is 28.7. The van der Waals surface area contributed by atoms with Gasteiger partial charge in [0.1, 0.15) is 6.10 Å². The number of likely N-dealkylation sites (tertiary alicyclic amines) is 1. The van der Waals surface area contributed by atoms with Crippen LogP contribution in [-0.4, -0.2) is 58.0 Å². The van der Waals surface area contributed by atoms with Gasteiger partial charge in [0.05, 0.1) is 6.10 Å². The summed E-state index contributed by atoms with van der Waals surface area (Å²) in [4.78, 5) is 12.1. The molecule has 27 heavy (non-hydrogen) atoms. The van der Waals surface area contributed by atoms with Crippen molar-refractivity contribution in [2.75, 3.05) is 13.6 Å². The number of nitrogens with zero attached hydrogens (tertiary/aromatic N) is 1. The van der Waals surface area contributed by atoms with Crippen molar-refractivity contribution in [2.24, 2.45) is 5.92 Å². The predicted octanol–water partition coefficient (Wildman–Crippen LogP) is 2.29. The van der Waals surface area contributed by atoms with Gasteiger partial charge in [0.25, 0.3) is 0 Å². The lowest BCUT2D eigenvalue weighted by atomic mass is 9.51. The van der Waals surface area contributed by atoms with Crippen molar-refractivity contribution in [1.29, 1.82) is 0 Å². The summed E-state index contributed by atoms with van der Waals surface area (Å²) < 4.78 is 6.14. The second kappa shape index (κ2) is 6.67. The molecule has 2 aliphatic carbocycles. The first-order valence-corrected chi connectivity index (χ1v) is 10.0. The molecule has 5 rings (SSSR count). The lowest BCUT2D eigenvalue weighted by Gasteiger charge is -2.58. The number of ether oxygens (including phenoxy) is 1. The molecule has 3 N–H and O–H groups in total. The first-order chi connectivity index (χ1) is 12.9. The summed E-state index contributed by atoms with van der Waals surface area (Å²) >= 11 is 0. The SMILES string of the molecule is CCCC(=O)O.CN1CC[C@]23c4c5ccc(O)c4O[C@H]2[C@@H](O)CC[C@H]3[C@H]1C5. The Morgan fingerprint density at radius 1 is 1.37 bits per heavy atom. The number of phenols is 1. The molecule has 2 aliphatic heterocycles. The average molecular weight is 375 g/mol. The molecule has 0 unspecified atom stereocenters. The lowest BCUT2D eigenvalue weighted by Crippen LogP contribution is -2.66. The Morgan fingerprint density at radius 2 is 2.15 bits per heavy atom. The molecule has 1 saturated heterocycles. The van der Waals surface area contributed by atoms with Gasteiger partial charge in [-0.15, -0.1) is 0 Å². The number of carboxylic acids is 1. The zero-order valence-electron chi connectivity index (χ0n) is 16.0. The number of piperidine rings is 1. The van der Waals surface area contributed by atoms with E-state index in [0.29, 0.717) is 24.1 Å². The van der Waals surface area contributed by atoms with Crippen molar-refractivity contribution in [1.82, 2.24) is 4.90 Å². The Kier molecular flexibility index (Phi) is 4.59. The number of aliphatic carboxylic acids is 1. The molecule has 6 heteroatoms. The highest BCUT2D eigenvalue weighted by atomic mass is 16.5. The fraction of sp³-hybridized carbons (Fsp3) is 0.667. The molecule has 0 radical (unpaired) electrons. The monoisotopic (exact) mass is 375 g/mol. The molecular weight excluding hydrogens is 346 g/mol. The van der Waals surface area contributed by atoms with E-state index in [0.717, 1.165) is 38.6 Å². The molecular formula is C21H29NO5. The van der Waals surface area contributed by atoms with Gasteiger partial charge in [0.2, 0.25) is 0 Å². The summed E-state index contributed by atoms with van der Waals surface area (Å²) in [6.45, 7) is 2.89. The minimum absolute atomic E-state index is 0.0729. The van der Waals surface area contributed by atoms with Crippen molar-refractivity contribution >= 4 is 5.97 Å². The normalized spacial score (nSPS) is 35.5. The van der Waals surface area contributed by atoms with Gasteiger partial charge >= 0.3 is 5.97 Å². The molecule has 1 aromatic carbocycles. The molecule has 2 fully saturated rings. The molecule has 0 amide bonds. The van der Waals surface area contributed by atoms with Crippen LogP contribution in [0.15, 0.2) is 12.1 Å². The van der Waals surface area contributed by atoms with Crippen LogP contribution < -0.4 is 4.74 Å². The van der Waals surface area contributed by atoms with Gasteiger partial charge in [0, 0.05) is 23.4 Å². The number of aliphatic hydroxyl groups is 1. The molecule has 1 aromatic rings. The zero-order chi connectivity index (χ0) is 19.3. The molecule has 1 saturated carbocycles. The van der Waals surface area contributed by atoms with Crippen LogP contribution >= 0.6 is 0 Å². The fourth-order valence-corrected chi connectivity index (χ4v) is 5.92. The molecule has 1 spiro atoms. The first kappa shape index (κ1) is 18.6. The van der Waals surface area contributed by atoms with Crippen molar-refractivity contribution in [3.63, 3.8) is 0 Å². The maximum absolute atomic E-state index is 10.5. The van der Waals surface area contributed by atoms with Gasteiger partial charge in [-0.3, -0.25) is 4.79 Å². The maximum atomic E-state index is 10.5. The summed E-state index contributed by atoms with van der Waals surface area (Å²) in [6.07, 6.45) is 4.37. The van der Waals surface area contributed by atoms with Gasteiger partial charge in [-0.05, 0) is 63.2 Å². The Bertz CT molecular complexity index is 750. The number of rotatable bonds is 2. The Morgan fingerprint density at radius 3 is 2.81 bits per heavy atom. The van der Waals surface area contributed by atoms with Crippen molar-refractivity contribution < 1.29 is 24.9 Å². The second-order valence-corrected chi connectivity index (χ2v) is 8.42. The standard InChI is InChI=1S/C17H21NO3.C4H8O2/c1-18-7-6-17-10-3-5-13(20)16(17)21-15-12(19)4-2-9(14(15)17)8-11(10)18;1-2-3-4(5)6/h2,4,10-11,13,16,19-20H,3,5-8H2,1H3;2-3H2,1H3,(H,5,6)/t10-,11+,13-,16-,17-;/m0./s1. The van der Waals surface area contributed by atoms with Crippen molar-refractivity contribution in [3.05, 3.63) is 23.3 Å². The minimum Gasteiger partial charge on any atom is -0.504 e. The number of likely N-dealkylation sites (N-methyl/N-ethyl adjacent to an activating group) is 1. The number of hydrogen-bond acceptors (Lipinski definition) is 5. The van der Waals surface area contributed by atoms with E-state index in [4.69, 9.17) is 9.84 Å². The van der Waals surface area contributed by atoms with E-state index >= 15 is 0 Å². The van der Waals surface area contributed by atoms with Gasteiger partial charge in [0.15, 0.2) is 11.5 Å². The van der Waals surface area contributed by atoms with E-state index in [1.807, 2.05) is 6.92 Å². The summed E-state index contributed by atoms with van der Waals surface area (Å²) in [5.74, 6) is 0.727. The average Bonchev–Trinajstić information content (AvgIpc) is 2.98. The molecule has 2 bridgehead atoms. The van der Waals surface area contributed by atoms with E-state index in [-0.39, 0.29) is 17.3 Å². The number of benzene rings is 1. The topological polar surface area (TPSA) is 90.2 Å². The number of carboxylic acid groups (broad SMARTS) is 1. The van der Waals surface area contributed by atoms with Gasteiger partial charge in [-0.25, -0.2) is 0 Å². The highest BCUT2D eigenvalue weighted by molar-refractivity contribution is 5.66. The molecule has 2 heterocycles. The smallest absolute Gasteiger partial charge is 0.303 e. The Hall–Kier alpha value is -1.79. The van der Waals surface area contributed by atoms with E-state index in [1.54, 1.807) is 6.07 Å². The highest BCUT2D eigenvalue weighted by Gasteiger charge is 2.65. The van der Waals surface area contributed by atoms with Gasteiger partial charge in [-0.2, -0.15) is 0 Å². The molecule has 6 nitrogen and oxygen atoms in total. The van der Waals surface area contributed by atoms with Crippen LogP contribution in [0.3, 0.4) is 0 Å². The molecule has 5 atom stereocenters. The summed E-state index contributed by atoms with van der Waals surface area (Å²) in [7, 11) is 2.22. The minimum atomic E-state index is -0.711. The number of carbonyl (C=O) groups is 1. The second-order valence-electron chi connectivity index (χ2n) is 8.42. The van der Waals surface area contributed by atoms with Gasteiger partial charge < -0.3 is 25.0 Å². The third-order valence-corrected chi connectivity index (χ3v) is 7.03. The third-order valence-electron chi connectivity index (χ3n) is 7.03. The number of aromatic hydroxyl groups is 1. The zero-order valence-corrected chi connectivity index (χ0v) is 16.0. The summed E-state index contributed by atoms with van der Waals surface area (Å²) in [5.41, 5.74) is 2.46. The maximum Gasteiger partial charge on any atom is 0.303 e. The third kappa shape index (κ3) is 2.64. The molecule has 4 aliphatic rings. The van der Waals surface area contributed by atoms with Gasteiger partial charge in [-0.1, -0.05) is 13.0 Å². The van der Waals surface area contributed by atoms with Crippen LogP contribution in [0.5, 0.6) is 11.5 Å².